The van der Waals surface area contributed by atoms with Crippen LogP contribution in [0.15, 0.2) is 16.6 Å². The molecule has 0 atom stereocenters. The Labute approximate surface area is 91.6 Å². The Balaban J connectivity index is 3.33. The molecule has 1 rings (SSSR count). The number of carbonyl (C=O) groups excluding carboxylic acids is 1. The van der Waals surface area contributed by atoms with E-state index in [4.69, 9.17) is 5.73 Å². The monoisotopic (exact) mass is 309 g/mol. The number of hydrogen-bond acceptors (Lipinski definition) is 2. The number of benzene rings is 1. The fourth-order valence-electron chi connectivity index (χ4n) is 0.916. The molecule has 0 amide bonds. The van der Waals surface area contributed by atoms with E-state index in [1.54, 1.807) is 0 Å². The standard InChI is InChI=1S/C8H6Br2FNO/c9-3-6(13)7-5(12)2-1-4(10)8(7)11/h1-2H,3,12H2. The van der Waals surface area contributed by atoms with E-state index in [0.717, 1.165) is 0 Å². The number of rotatable bonds is 2. The first-order valence-electron chi connectivity index (χ1n) is 3.40. The summed E-state index contributed by atoms with van der Waals surface area (Å²) >= 11 is 5.94. The highest BCUT2D eigenvalue weighted by atomic mass is 79.9. The fourth-order valence-corrected chi connectivity index (χ4v) is 1.53. The van der Waals surface area contributed by atoms with Crippen LogP contribution >= 0.6 is 31.9 Å². The minimum Gasteiger partial charge on any atom is -0.398 e. The van der Waals surface area contributed by atoms with Gasteiger partial charge in [-0.3, -0.25) is 4.79 Å². The Morgan fingerprint density at radius 1 is 1.54 bits per heavy atom. The molecule has 0 unspecified atom stereocenters. The lowest BCUT2D eigenvalue weighted by Gasteiger charge is -2.05. The summed E-state index contributed by atoms with van der Waals surface area (Å²) in [5.74, 6) is -0.972. The Hall–Kier alpha value is -0.420. The third kappa shape index (κ3) is 2.08. The van der Waals surface area contributed by atoms with Gasteiger partial charge in [0.05, 0.1) is 15.4 Å². The van der Waals surface area contributed by atoms with Gasteiger partial charge >= 0.3 is 0 Å². The second-order valence-corrected chi connectivity index (χ2v) is 3.80. The second-order valence-electron chi connectivity index (χ2n) is 2.38. The molecule has 0 fully saturated rings. The molecule has 0 spiro atoms. The van der Waals surface area contributed by atoms with Gasteiger partial charge < -0.3 is 5.73 Å². The van der Waals surface area contributed by atoms with Crippen LogP contribution in [0.2, 0.25) is 0 Å². The molecule has 1 aromatic rings. The highest BCUT2D eigenvalue weighted by molar-refractivity contribution is 9.10. The Kier molecular flexibility index (Phi) is 3.44. The van der Waals surface area contributed by atoms with Crippen LogP contribution in [-0.4, -0.2) is 11.1 Å². The molecule has 0 saturated carbocycles. The number of nitrogen functional groups attached to an aromatic ring is 1. The van der Waals surface area contributed by atoms with Crippen LogP contribution in [0.3, 0.4) is 0 Å². The van der Waals surface area contributed by atoms with E-state index >= 15 is 0 Å². The number of halogens is 3. The van der Waals surface area contributed by atoms with E-state index in [2.05, 4.69) is 31.9 Å². The van der Waals surface area contributed by atoms with Crippen molar-refractivity contribution in [2.45, 2.75) is 0 Å². The third-order valence-corrected chi connectivity index (χ3v) is 2.65. The average Bonchev–Trinajstić information content (AvgIpc) is 2.12. The number of hydrogen-bond donors (Lipinski definition) is 1. The SMILES string of the molecule is Nc1ccc(Br)c(F)c1C(=O)CBr. The molecule has 0 heterocycles. The molecule has 0 aliphatic rings. The molecular weight excluding hydrogens is 305 g/mol. The maximum Gasteiger partial charge on any atom is 0.178 e. The lowest BCUT2D eigenvalue weighted by Crippen LogP contribution is -2.08. The Bertz CT molecular complexity index is 354. The lowest BCUT2D eigenvalue weighted by molar-refractivity contribution is 0.102. The zero-order chi connectivity index (χ0) is 10.0. The van der Waals surface area contributed by atoms with Gasteiger partial charge in [-0.2, -0.15) is 0 Å². The van der Waals surface area contributed by atoms with Crippen molar-refractivity contribution in [3.63, 3.8) is 0 Å². The van der Waals surface area contributed by atoms with Crippen LogP contribution in [0.5, 0.6) is 0 Å². The predicted octanol–water partition coefficient (Wildman–Crippen LogP) is 2.75. The highest BCUT2D eigenvalue weighted by Gasteiger charge is 2.16. The van der Waals surface area contributed by atoms with E-state index in [1.165, 1.54) is 12.1 Å². The van der Waals surface area contributed by atoms with Crippen LogP contribution in [0, 0.1) is 5.82 Å². The maximum atomic E-state index is 13.3. The first-order valence-corrected chi connectivity index (χ1v) is 5.32. The largest absolute Gasteiger partial charge is 0.398 e. The van der Waals surface area contributed by atoms with Crippen LogP contribution in [-0.2, 0) is 0 Å². The average molecular weight is 311 g/mol. The second kappa shape index (κ2) is 4.19. The van der Waals surface area contributed by atoms with Gasteiger partial charge in [-0.05, 0) is 28.1 Å². The quantitative estimate of drug-likeness (QED) is 0.518. The van der Waals surface area contributed by atoms with Gasteiger partial charge in [0.2, 0.25) is 0 Å². The summed E-state index contributed by atoms with van der Waals surface area (Å²) in [6.45, 7) is 0. The zero-order valence-electron chi connectivity index (χ0n) is 6.48. The van der Waals surface area contributed by atoms with Crippen LogP contribution < -0.4 is 5.73 Å². The topological polar surface area (TPSA) is 43.1 Å². The minimum absolute atomic E-state index is 0.0601. The van der Waals surface area contributed by atoms with E-state index in [9.17, 15) is 9.18 Å². The Morgan fingerprint density at radius 2 is 2.15 bits per heavy atom. The zero-order valence-corrected chi connectivity index (χ0v) is 9.65. The highest BCUT2D eigenvalue weighted by Crippen LogP contribution is 2.24. The summed E-state index contributed by atoms with van der Waals surface area (Å²) < 4.78 is 13.6. The van der Waals surface area contributed by atoms with Crippen molar-refractivity contribution in [1.29, 1.82) is 0 Å². The van der Waals surface area contributed by atoms with Crippen molar-refractivity contribution < 1.29 is 9.18 Å². The molecule has 2 nitrogen and oxygen atoms in total. The van der Waals surface area contributed by atoms with Gasteiger partial charge in [-0.15, -0.1) is 0 Å². The van der Waals surface area contributed by atoms with Gasteiger partial charge in [0, 0.05) is 5.69 Å². The number of alkyl halides is 1. The van der Waals surface area contributed by atoms with Crippen molar-refractivity contribution in [3.8, 4) is 0 Å². The lowest BCUT2D eigenvalue weighted by atomic mass is 10.1. The number of anilines is 1. The molecule has 0 bridgehead atoms. The number of ketones is 1. The maximum absolute atomic E-state index is 13.3. The van der Waals surface area contributed by atoms with Gasteiger partial charge in [0.1, 0.15) is 5.82 Å². The van der Waals surface area contributed by atoms with Crippen LogP contribution in [0.25, 0.3) is 0 Å². The van der Waals surface area contributed by atoms with E-state index in [-0.39, 0.29) is 26.8 Å². The molecule has 0 aliphatic heterocycles. The smallest absolute Gasteiger partial charge is 0.178 e. The van der Waals surface area contributed by atoms with Crippen molar-refractivity contribution in [2.75, 3.05) is 11.1 Å². The summed E-state index contributed by atoms with van der Waals surface area (Å²) in [5, 5.41) is 0.0601. The van der Waals surface area contributed by atoms with Gasteiger partial charge in [-0.25, -0.2) is 4.39 Å². The van der Waals surface area contributed by atoms with Crippen LogP contribution in [0.1, 0.15) is 10.4 Å². The molecule has 5 heteroatoms. The van der Waals surface area contributed by atoms with Crippen molar-refractivity contribution in [3.05, 3.63) is 28.0 Å². The van der Waals surface area contributed by atoms with Crippen molar-refractivity contribution >= 4 is 43.3 Å². The third-order valence-electron chi connectivity index (χ3n) is 1.53. The fraction of sp³-hybridized carbons (Fsp3) is 0.125. The summed E-state index contributed by atoms with van der Waals surface area (Å²) in [5.41, 5.74) is 5.56. The van der Waals surface area contributed by atoms with Gasteiger partial charge in [0.15, 0.2) is 5.78 Å². The summed E-state index contributed by atoms with van der Waals surface area (Å²) in [6.07, 6.45) is 0. The van der Waals surface area contributed by atoms with Gasteiger partial charge in [0.25, 0.3) is 0 Å². The summed E-state index contributed by atoms with van der Waals surface area (Å²) in [6, 6.07) is 2.96. The molecule has 0 aliphatic carbocycles. The van der Waals surface area contributed by atoms with E-state index < -0.39 is 5.82 Å². The first-order chi connectivity index (χ1) is 6.07. The minimum atomic E-state index is -0.607. The molecule has 2 N–H and O–H groups in total. The predicted molar refractivity (Wildman–Crippen MR) is 56.6 cm³/mol. The van der Waals surface area contributed by atoms with Crippen LogP contribution in [0.4, 0.5) is 10.1 Å². The molecule has 13 heavy (non-hydrogen) atoms. The number of carbonyl (C=O) groups is 1. The molecule has 70 valence electrons. The van der Waals surface area contributed by atoms with Gasteiger partial charge in [-0.1, -0.05) is 15.9 Å². The number of nitrogens with two attached hydrogens (primary N) is 1. The number of Topliss-reactive ketones (excluding diaryl/α,β-unsaturated/α-hetero) is 1. The Morgan fingerprint density at radius 3 is 2.69 bits per heavy atom. The first kappa shape index (κ1) is 10.7. The normalized spacial score (nSPS) is 10.1. The van der Waals surface area contributed by atoms with E-state index in [1.807, 2.05) is 0 Å². The van der Waals surface area contributed by atoms with E-state index in [0.29, 0.717) is 0 Å². The summed E-state index contributed by atoms with van der Waals surface area (Å²) in [4.78, 5) is 11.2. The molecular formula is C8H6Br2FNO. The summed E-state index contributed by atoms with van der Waals surface area (Å²) in [7, 11) is 0. The van der Waals surface area contributed by atoms with Crippen molar-refractivity contribution in [2.24, 2.45) is 0 Å². The van der Waals surface area contributed by atoms with Crippen molar-refractivity contribution in [1.82, 2.24) is 0 Å². The molecule has 0 aromatic heterocycles. The molecule has 1 aromatic carbocycles. The molecule has 0 radical (unpaired) electrons. The molecule has 0 saturated heterocycles.